The van der Waals surface area contributed by atoms with Crippen LogP contribution in [0.4, 0.5) is 0 Å². The van der Waals surface area contributed by atoms with Gasteiger partial charge in [-0.05, 0) is 0 Å². The summed E-state index contributed by atoms with van der Waals surface area (Å²) in [6, 6.07) is 0. The minimum Gasteiger partial charge on any atom is -0.355 e. The van der Waals surface area contributed by atoms with E-state index in [0.717, 1.165) is 0 Å². The molecule has 0 saturated carbocycles. The molecule has 1 aliphatic heterocycles. The monoisotopic (exact) mass is 118 g/mol. The first kappa shape index (κ1) is 4.88. The van der Waals surface area contributed by atoms with E-state index in [1.54, 1.807) is 6.20 Å². The summed E-state index contributed by atoms with van der Waals surface area (Å²) in [7, 11) is -2.38. The zero-order chi connectivity index (χ0) is 5.49. The van der Waals surface area contributed by atoms with Crippen LogP contribution in [-0.2, 0) is 4.57 Å². The lowest BCUT2D eigenvalue weighted by molar-refractivity contribution is 0.584. The first-order valence-electron chi connectivity index (χ1n) is 1.94. The Morgan fingerprint density at radius 2 is 2.43 bits per heavy atom. The summed E-state index contributed by atoms with van der Waals surface area (Å²) in [6.45, 7) is 1.53. The molecule has 1 aliphatic rings. The lowest BCUT2D eigenvalue weighted by Crippen LogP contribution is -1.92. The summed E-state index contributed by atoms with van der Waals surface area (Å²) in [6.07, 6.45) is 1.65. The van der Waals surface area contributed by atoms with Crippen LogP contribution in [0.1, 0.15) is 0 Å². The van der Waals surface area contributed by atoms with E-state index < -0.39 is 7.29 Å². The molecule has 1 atom stereocenters. The van der Waals surface area contributed by atoms with Crippen LogP contribution < -0.4 is 10.8 Å². The van der Waals surface area contributed by atoms with Gasteiger partial charge >= 0.3 is 0 Å². The molecule has 4 heteroatoms. The maximum atomic E-state index is 10.6. The van der Waals surface area contributed by atoms with Crippen LogP contribution in [0, 0.1) is 0 Å². The van der Waals surface area contributed by atoms with Gasteiger partial charge in [0.15, 0.2) is 7.29 Å². The highest BCUT2D eigenvalue weighted by atomic mass is 31.2. The van der Waals surface area contributed by atoms with Crippen LogP contribution >= 0.6 is 7.29 Å². The second-order valence-electron chi connectivity index (χ2n) is 1.66. The van der Waals surface area contributed by atoms with Gasteiger partial charge in [-0.1, -0.05) is 0 Å². The third kappa shape index (κ3) is 1.05. The molecule has 0 saturated heterocycles. The largest absolute Gasteiger partial charge is 0.355 e. The minimum absolute atomic E-state index is 0.701. The standard InChI is InChI=1S/C3H7N2OP/c1-7(4,6)3-2-5-3/h2,5H,1H3,(H2,4,6)/t7-/m1/s1. The zero-order valence-electron chi connectivity index (χ0n) is 4.01. The second kappa shape index (κ2) is 1.11. The third-order valence-corrected chi connectivity index (χ3v) is 1.97. The highest BCUT2D eigenvalue weighted by Crippen LogP contribution is 2.43. The Balaban J connectivity index is 2.72. The van der Waals surface area contributed by atoms with Crippen molar-refractivity contribution in [2.45, 2.75) is 0 Å². The lowest BCUT2D eigenvalue weighted by atomic mass is 11.3. The van der Waals surface area contributed by atoms with Gasteiger partial charge in [-0.3, -0.25) is 5.50 Å². The molecule has 3 N–H and O–H groups in total. The van der Waals surface area contributed by atoms with Crippen molar-refractivity contribution in [3.8, 4) is 0 Å². The molecule has 1 heterocycles. The summed E-state index contributed by atoms with van der Waals surface area (Å²) in [5.41, 5.74) is 5.87. The van der Waals surface area contributed by atoms with Crippen molar-refractivity contribution in [2.24, 2.45) is 5.50 Å². The van der Waals surface area contributed by atoms with Gasteiger partial charge in [-0.25, -0.2) is 0 Å². The van der Waals surface area contributed by atoms with Crippen molar-refractivity contribution < 1.29 is 4.57 Å². The van der Waals surface area contributed by atoms with E-state index in [1.807, 2.05) is 0 Å². The molecular formula is C3H7N2OP. The van der Waals surface area contributed by atoms with E-state index in [1.165, 1.54) is 6.66 Å². The van der Waals surface area contributed by atoms with E-state index >= 15 is 0 Å². The molecule has 0 aliphatic carbocycles. The van der Waals surface area contributed by atoms with E-state index in [-0.39, 0.29) is 0 Å². The normalized spacial score (nSPS) is 24.6. The third-order valence-electron chi connectivity index (χ3n) is 0.752. The molecule has 0 fully saturated rings. The molecule has 0 aromatic heterocycles. The number of nitrogens with two attached hydrogens (primary N) is 1. The Bertz CT molecular complexity index is 156. The fourth-order valence-electron chi connectivity index (χ4n) is 0.289. The Hall–Kier alpha value is -0.270. The summed E-state index contributed by atoms with van der Waals surface area (Å²) in [5.74, 6) is 0. The molecule has 40 valence electrons. The summed E-state index contributed by atoms with van der Waals surface area (Å²) >= 11 is 0. The van der Waals surface area contributed by atoms with Crippen molar-refractivity contribution in [1.82, 2.24) is 5.32 Å². The van der Waals surface area contributed by atoms with Crippen LogP contribution in [0.15, 0.2) is 11.6 Å². The van der Waals surface area contributed by atoms with Crippen LogP contribution in [0.3, 0.4) is 0 Å². The molecule has 0 aromatic carbocycles. The number of hydrogen-bond donors (Lipinski definition) is 2. The SMILES string of the molecule is C[P@@](N)(=O)C1=CN1. The Labute approximate surface area is 42.0 Å². The van der Waals surface area contributed by atoms with Crippen LogP contribution in [0.5, 0.6) is 0 Å². The molecule has 0 spiro atoms. The molecule has 7 heavy (non-hydrogen) atoms. The van der Waals surface area contributed by atoms with Crippen molar-refractivity contribution in [2.75, 3.05) is 6.66 Å². The molecule has 0 aromatic rings. The summed E-state index contributed by atoms with van der Waals surface area (Å²) < 4.78 is 10.6. The average molecular weight is 118 g/mol. The maximum absolute atomic E-state index is 10.6. The molecule has 0 radical (unpaired) electrons. The van der Waals surface area contributed by atoms with Crippen molar-refractivity contribution in [3.05, 3.63) is 11.6 Å². The van der Waals surface area contributed by atoms with Gasteiger partial charge in [-0.15, -0.1) is 0 Å². The predicted octanol–water partition coefficient (Wildman–Crippen LogP) is 0.255. The first-order valence-corrected chi connectivity index (χ1v) is 4.16. The van der Waals surface area contributed by atoms with E-state index in [9.17, 15) is 4.57 Å². The van der Waals surface area contributed by atoms with Crippen molar-refractivity contribution in [1.29, 1.82) is 0 Å². The molecule has 3 nitrogen and oxygen atoms in total. The predicted molar refractivity (Wildman–Crippen MR) is 28.9 cm³/mol. The fourth-order valence-corrected chi connectivity index (χ4v) is 0.866. The number of hydrogen-bond acceptors (Lipinski definition) is 2. The molecule has 1 rings (SSSR count). The van der Waals surface area contributed by atoms with Crippen molar-refractivity contribution in [3.63, 3.8) is 0 Å². The summed E-state index contributed by atoms with van der Waals surface area (Å²) in [5, 5.41) is 2.68. The number of nitrogens with one attached hydrogen (secondary N) is 1. The summed E-state index contributed by atoms with van der Waals surface area (Å²) in [4.78, 5) is 0. The number of rotatable bonds is 1. The molecule has 0 unspecified atom stereocenters. The quantitative estimate of drug-likeness (QED) is 0.485. The average Bonchev–Trinajstić information content (AvgIpc) is 1.99. The Morgan fingerprint density at radius 1 is 2.00 bits per heavy atom. The zero-order valence-corrected chi connectivity index (χ0v) is 4.90. The Kier molecular flexibility index (Phi) is 0.776. The van der Waals surface area contributed by atoms with Gasteiger partial charge in [-0.2, -0.15) is 0 Å². The van der Waals surface area contributed by atoms with Crippen LogP contribution in [0.25, 0.3) is 0 Å². The van der Waals surface area contributed by atoms with Gasteiger partial charge in [0, 0.05) is 12.9 Å². The lowest BCUT2D eigenvalue weighted by Gasteiger charge is -1.94. The van der Waals surface area contributed by atoms with Crippen LogP contribution in [0.2, 0.25) is 0 Å². The molecular weight excluding hydrogens is 111 g/mol. The van der Waals surface area contributed by atoms with Gasteiger partial charge in [0.2, 0.25) is 0 Å². The van der Waals surface area contributed by atoms with Gasteiger partial charge in [0.25, 0.3) is 0 Å². The smallest absolute Gasteiger partial charge is 0.187 e. The molecule has 0 bridgehead atoms. The van der Waals surface area contributed by atoms with Crippen molar-refractivity contribution >= 4 is 7.29 Å². The van der Waals surface area contributed by atoms with E-state index in [0.29, 0.717) is 5.44 Å². The highest BCUT2D eigenvalue weighted by molar-refractivity contribution is 7.65. The van der Waals surface area contributed by atoms with E-state index in [4.69, 9.17) is 5.50 Å². The topological polar surface area (TPSA) is 65.0 Å². The highest BCUT2D eigenvalue weighted by Gasteiger charge is 2.21. The van der Waals surface area contributed by atoms with E-state index in [2.05, 4.69) is 5.32 Å². The molecule has 0 amide bonds. The second-order valence-corrected chi connectivity index (χ2v) is 4.13. The maximum Gasteiger partial charge on any atom is 0.187 e. The Morgan fingerprint density at radius 3 is 2.43 bits per heavy atom. The van der Waals surface area contributed by atoms with Gasteiger partial charge in [0.05, 0.1) is 0 Å². The minimum atomic E-state index is -2.38. The van der Waals surface area contributed by atoms with Gasteiger partial charge < -0.3 is 9.88 Å². The first-order chi connectivity index (χ1) is 3.11. The van der Waals surface area contributed by atoms with Gasteiger partial charge in [0.1, 0.15) is 5.44 Å². The fraction of sp³-hybridized carbons (Fsp3) is 0.333. The van der Waals surface area contributed by atoms with Crippen LogP contribution in [-0.4, -0.2) is 6.66 Å².